The molecule has 0 saturated carbocycles. The Balaban J connectivity index is 1.25. The average molecular weight is 493 g/mol. The third-order valence-electron chi connectivity index (χ3n) is 6.23. The Morgan fingerprint density at radius 2 is 1.64 bits per heavy atom. The number of anilines is 1. The van der Waals surface area contributed by atoms with Crippen LogP contribution < -0.4 is 10.5 Å². The van der Waals surface area contributed by atoms with Gasteiger partial charge in [-0.05, 0) is 35.0 Å². The molecule has 1 amide bonds. The topological polar surface area (TPSA) is 71.3 Å². The molecular formula is C26H22F3N5O2. The van der Waals surface area contributed by atoms with Crippen LogP contribution in [0.15, 0.2) is 77.7 Å². The molecule has 0 aliphatic carbocycles. The zero-order valence-corrected chi connectivity index (χ0v) is 19.2. The van der Waals surface area contributed by atoms with E-state index in [2.05, 4.69) is 10.1 Å². The standard InChI is InChI=1S/C26H22F3N5O2/c27-26(28,29)21-7-9-23(30-16-21)32-11-13-33(14-12-32)25(36)17-34-24(35)10-8-22(31-34)20-6-5-18-3-1-2-4-19(18)15-20/h1-10,15-16H,11-14,17H2. The number of amides is 1. The normalized spacial score (nSPS) is 14.3. The van der Waals surface area contributed by atoms with Crippen LogP contribution >= 0.6 is 0 Å². The maximum atomic E-state index is 12.9. The molecule has 1 saturated heterocycles. The molecule has 7 nitrogen and oxygen atoms in total. The molecule has 36 heavy (non-hydrogen) atoms. The lowest BCUT2D eigenvalue weighted by Crippen LogP contribution is -2.50. The highest BCUT2D eigenvalue weighted by Crippen LogP contribution is 2.29. The largest absolute Gasteiger partial charge is 0.417 e. The quantitative estimate of drug-likeness (QED) is 0.432. The van der Waals surface area contributed by atoms with Gasteiger partial charge in [0.15, 0.2) is 0 Å². The number of hydrogen-bond acceptors (Lipinski definition) is 5. The lowest BCUT2D eigenvalue weighted by atomic mass is 10.1. The van der Waals surface area contributed by atoms with Gasteiger partial charge in [0.05, 0.1) is 11.3 Å². The summed E-state index contributed by atoms with van der Waals surface area (Å²) in [4.78, 5) is 32.7. The van der Waals surface area contributed by atoms with E-state index in [4.69, 9.17) is 0 Å². The van der Waals surface area contributed by atoms with Gasteiger partial charge in [0.25, 0.3) is 5.56 Å². The van der Waals surface area contributed by atoms with E-state index in [0.717, 1.165) is 33.3 Å². The van der Waals surface area contributed by atoms with E-state index in [9.17, 15) is 22.8 Å². The molecular weight excluding hydrogens is 471 g/mol. The van der Waals surface area contributed by atoms with E-state index in [-0.39, 0.29) is 18.0 Å². The van der Waals surface area contributed by atoms with Crippen molar-refractivity contribution in [2.24, 2.45) is 0 Å². The van der Waals surface area contributed by atoms with Gasteiger partial charge >= 0.3 is 6.18 Å². The minimum absolute atomic E-state index is 0.196. The molecule has 0 bridgehead atoms. The third kappa shape index (κ3) is 4.93. The first-order chi connectivity index (χ1) is 17.3. The Kier molecular flexibility index (Phi) is 6.17. The van der Waals surface area contributed by atoms with E-state index in [0.29, 0.717) is 37.7 Å². The van der Waals surface area contributed by atoms with Crippen LogP contribution in [-0.2, 0) is 17.5 Å². The number of carbonyl (C=O) groups excluding carboxylic acids is 1. The van der Waals surface area contributed by atoms with Crippen molar-refractivity contribution in [3.8, 4) is 11.3 Å². The Labute approximate surface area is 204 Å². The van der Waals surface area contributed by atoms with Gasteiger partial charge < -0.3 is 9.80 Å². The summed E-state index contributed by atoms with van der Waals surface area (Å²) in [6.45, 7) is 1.37. The van der Waals surface area contributed by atoms with Crippen molar-refractivity contribution >= 4 is 22.5 Å². The zero-order valence-electron chi connectivity index (χ0n) is 19.2. The third-order valence-corrected chi connectivity index (χ3v) is 6.23. The minimum Gasteiger partial charge on any atom is -0.353 e. The Morgan fingerprint density at radius 1 is 0.889 bits per heavy atom. The summed E-state index contributed by atoms with van der Waals surface area (Å²) < 4.78 is 39.5. The van der Waals surface area contributed by atoms with E-state index in [1.807, 2.05) is 47.4 Å². The summed E-state index contributed by atoms with van der Waals surface area (Å²) in [5.74, 6) is 0.177. The van der Waals surface area contributed by atoms with Gasteiger partial charge in [0.2, 0.25) is 5.91 Å². The van der Waals surface area contributed by atoms with Crippen LogP contribution in [-0.4, -0.2) is 51.8 Å². The van der Waals surface area contributed by atoms with Gasteiger partial charge in [0.1, 0.15) is 12.4 Å². The Hall–Kier alpha value is -4.21. The second-order valence-corrected chi connectivity index (χ2v) is 8.55. The van der Waals surface area contributed by atoms with Crippen molar-refractivity contribution in [1.82, 2.24) is 19.7 Å². The number of piperazine rings is 1. The van der Waals surface area contributed by atoms with Gasteiger partial charge in [-0.1, -0.05) is 36.4 Å². The second-order valence-electron chi connectivity index (χ2n) is 8.55. The second kappa shape index (κ2) is 9.44. The zero-order chi connectivity index (χ0) is 25.3. The van der Waals surface area contributed by atoms with Gasteiger partial charge in [-0.15, -0.1) is 0 Å². The number of pyridine rings is 1. The van der Waals surface area contributed by atoms with Crippen molar-refractivity contribution < 1.29 is 18.0 Å². The number of aromatic nitrogens is 3. The summed E-state index contributed by atoms with van der Waals surface area (Å²) in [5.41, 5.74) is 0.253. The van der Waals surface area contributed by atoms with Gasteiger partial charge in [-0.2, -0.15) is 18.3 Å². The van der Waals surface area contributed by atoms with Crippen molar-refractivity contribution in [2.45, 2.75) is 12.7 Å². The van der Waals surface area contributed by atoms with Crippen LogP contribution in [0.25, 0.3) is 22.0 Å². The molecule has 0 spiro atoms. The molecule has 2 aromatic heterocycles. The summed E-state index contributed by atoms with van der Waals surface area (Å²) in [6, 6.07) is 19.2. The molecule has 5 rings (SSSR count). The van der Waals surface area contributed by atoms with E-state index < -0.39 is 11.7 Å². The minimum atomic E-state index is -4.44. The van der Waals surface area contributed by atoms with Crippen LogP contribution in [0, 0.1) is 0 Å². The summed E-state index contributed by atoms with van der Waals surface area (Å²) >= 11 is 0. The van der Waals surface area contributed by atoms with Crippen LogP contribution in [0.3, 0.4) is 0 Å². The number of rotatable bonds is 4. The predicted octanol–water partition coefficient (Wildman–Crippen LogP) is 3.83. The van der Waals surface area contributed by atoms with Crippen LogP contribution in [0.1, 0.15) is 5.56 Å². The number of fused-ring (bicyclic) bond motifs is 1. The number of nitrogens with zero attached hydrogens (tertiary/aromatic N) is 5. The van der Waals surface area contributed by atoms with Crippen LogP contribution in [0.5, 0.6) is 0 Å². The fourth-order valence-corrected chi connectivity index (χ4v) is 4.22. The molecule has 184 valence electrons. The average Bonchev–Trinajstić information content (AvgIpc) is 2.89. The Morgan fingerprint density at radius 3 is 2.33 bits per heavy atom. The lowest BCUT2D eigenvalue weighted by Gasteiger charge is -2.35. The SMILES string of the molecule is O=C(Cn1nc(-c2ccc3ccccc3c2)ccc1=O)N1CCN(c2ccc(C(F)(F)F)cn2)CC1. The molecule has 1 fully saturated rings. The highest BCUT2D eigenvalue weighted by Gasteiger charge is 2.31. The first kappa shape index (κ1) is 23.5. The van der Waals surface area contributed by atoms with Gasteiger partial charge in [0, 0.05) is 44.0 Å². The first-order valence-corrected chi connectivity index (χ1v) is 11.4. The lowest BCUT2D eigenvalue weighted by molar-refractivity contribution is -0.138. The fourth-order valence-electron chi connectivity index (χ4n) is 4.22. The van der Waals surface area contributed by atoms with Crippen molar-refractivity contribution in [2.75, 3.05) is 31.1 Å². The highest BCUT2D eigenvalue weighted by atomic mass is 19.4. The molecule has 0 N–H and O–H groups in total. The number of benzene rings is 2. The number of alkyl halides is 3. The van der Waals surface area contributed by atoms with Crippen molar-refractivity contribution in [3.63, 3.8) is 0 Å². The fraction of sp³-hybridized carbons (Fsp3) is 0.231. The van der Waals surface area contributed by atoms with E-state index in [1.54, 1.807) is 11.0 Å². The molecule has 10 heteroatoms. The molecule has 0 atom stereocenters. The summed E-state index contributed by atoms with van der Waals surface area (Å²) in [5, 5.41) is 6.56. The van der Waals surface area contributed by atoms with Crippen LogP contribution in [0.2, 0.25) is 0 Å². The van der Waals surface area contributed by atoms with Gasteiger partial charge in [-0.3, -0.25) is 9.59 Å². The maximum absolute atomic E-state index is 12.9. The molecule has 3 heterocycles. The smallest absolute Gasteiger partial charge is 0.353 e. The van der Waals surface area contributed by atoms with Crippen molar-refractivity contribution in [1.29, 1.82) is 0 Å². The molecule has 1 aliphatic rings. The van der Waals surface area contributed by atoms with Crippen molar-refractivity contribution in [3.05, 3.63) is 88.8 Å². The van der Waals surface area contributed by atoms with Gasteiger partial charge in [-0.25, -0.2) is 9.67 Å². The highest BCUT2D eigenvalue weighted by molar-refractivity contribution is 5.86. The van der Waals surface area contributed by atoms with Crippen LogP contribution in [0.4, 0.5) is 19.0 Å². The predicted molar refractivity (Wildman–Crippen MR) is 129 cm³/mol. The Bertz CT molecular complexity index is 1460. The molecule has 1 aliphatic heterocycles. The number of hydrogen-bond donors (Lipinski definition) is 0. The number of carbonyl (C=O) groups is 1. The molecule has 0 radical (unpaired) electrons. The van der Waals surface area contributed by atoms with E-state index in [1.165, 1.54) is 12.1 Å². The summed E-state index contributed by atoms with van der Waals surface area (Å²) in [6.07, 6.45) is -3.62. The first-order valence-electron chi connectivity index (χ1n) is 11.4. The van der Waals surface area contributed by atoms with E-state index >= 15 is 0 Å². The maximum Gasteiger partial charge on any atom is 0.417 e. The molecule has 4 aromatic rings. The molecule has 0 unspecified atom stereocenters. The summed E-state index contributed by atoms with van der Waals surface area (Å²) in [7, 11) is 0. The monoisotopic (exact) mass is 493 g/mol. The molecule has 2 aromatic carbocycles. The number of halogens is 3.